The quantitative estimate of drug-likeness (QED) is 0.853. The van der Waals surface area contributed by atoms with Crippen LogP contribution in [0.15, 0.2) is 40.9 Å². The lowest BCUT2D eigenvalue weighted by atomic mass is 9.96. The van der Waals surface area contributed by atoms with Crippen molar-refractivity contribution in [2.24, 2.45) is 0 Å². The molecule has 0 bridgehead atoms. The van der Waals surface area contributed by atoms with Gasteiger partial charge in [-0.3, -0.25) is 0 Å². The summed E-state index contributed by atoms with van der Waals surface area (Å²) in [6.07, 6.45) is 0.877. The van der Waals surface area contributed by atoms with Crippen LogP contribution in [-0.2, 0) is 6.42 Å². The fraction of sp³-hybridized carbons (Fsp3) is 0.294. The zero-order valence-electron chi connectivity index (χ0n) is 12.0. The van der Waals surface area contributed by atoms with Gasteiger partial charge in [-0.05, 0) is 61.7 Å². The van der Waals surface area contributed by atoms with E-state index >= 15 is 0 Å². The molecule has 0 aliphatic carbocycles. The number of aryl methyl sites for hydroxylation is 2. The SMILES string of the molecule is CNC(Cc1ccc(C)c(C)c1)c1ccc(F)cc1Br. The molecule has 0 radical (unpaired) electrons. The molecule has 0 aromatic heterocycles. The third kappa shape index (κ3) is 3.47. The van der Waals surface area contributed by atoms with Crippen LogP contribution < -0.4 is 5.32 Å². The molecule has 1 unspecified atom stereocenters. The van der Waals surface area contributed by atoms with Crippen molar-refractivity contribution in [1.29, 1.82) is 0 Å². The Morgan fingerprint density at radius 2 is 1.85 bits per heavy atom. The Morgan fingerprint density at radius 1 is 1.10 bits per heavy atom. The largest absolute Gasteiger partial charge is 0.313 e. The van der Waals surface area contributed by atoms with E-state index in [4.69, 9.17) is 0 Å². The topological polar surface area (TPSA) is 12.0 Å². The van der Waals surface area contributed by atoms with Gasteiger partial charge in [0.2, 0.25) is 0 Å². The smallest absolute Gasteiger partial charge is 0.124 e. The summed E-state index contributed by atoms with van der Waals surface area (Å²) in [4.78, 5) is 0. The van der Waals surface area contributed by atoms with Gasteiger partial charge < -0.3 is 5.32 Å². The number of hydrogen-bond acceptors (Lipinski definition) is 1. The lowest BCUT2D eigenvalue weighted by Crippen LogP contribution is -2.19. The Morgan fingerprint density at radius 3 is 2.45 bits per heavy atom. The number of halogens is 2. The first kappa shape index (κ1) is 15.2. The fourth-order valence-corrected chi connectivity index (χ4v) is 2.95. The molecule has 1 N–H and O–H groups in total. The number of rotatable bonds is 4. The van der Waals surface area contributed by atoms with Crippen LogP contribution >= 0.6 is 15.9 Å². The molecule has 106 valence electrons. The first-order valence-electron chi connectivity index (χ1n) is 6.69. The molecule has 0 amide bonds. The van der Waals surface area contributed by atoms with Crippen LogP contribution in [0, 0.1) is 19.7 Å². The summed E-state index contributed by atoms with van der Waals surface area (Å²) in [6.45, 7) is 4.24. The van der Waals surface area contributed by atoms with E-state index in [1.54, 1.807) is 0 Å². The van der Waals surface area contributed by atoms with E-state index < -0.39 is 0 Å². The molecule has 3 heteroatoms. The lowest BCUT2D eigenvalue weighted by molar-refractivity contribution is 0.583. The van der Waals surface area contributed by atoms with Crippen molar-refractivity contribution in [2.75, 3.05) is 7.05 Å². The summed E-state index contributed by atoms with van der Waals surface area (Å²) in [5, 5.41) is 3.31. The van der Waals surface area contributed by atoms with E-state index in [1.807, 2.05) is 13.1 Å². The first-order chi connectivity index (χ1) is 9.51. The predicted octanol–water partition coefficient (Wildman–Crippen LogP) is 4.71. The van der Waals surface area contributed by atoms with E-state index in [9.17, 15) is 4.39 Å². The van der Waals surface area contributed by atoms with Gasteiger partial charge in [0.1, 0.15) is 5.82 Å². The van der Waals surface area contributed by atoms with E-state index in [0.717, 1.165) is 16.5 Å². The molecule has 0 aliphatic rings. The average molecular weight is 336 g/mol. The second-order valence-electron chi connectivity index (χ2n) is 5.13. The Balaban J connectivity index is 2.26. The predicted molar refractivity (Wildman–Crippen MR) is 85.5 cm³/mol. The molecule has 2 aromatic rings. The lowest BCUT2D eigenvalue weighted by Gasteiger charge is -2.19. The summed E-state index contributed by atoms with van der Waals surface area (Å²) in [5.41, 5.74) is 4.96. The number of likely N-dealkylation sites (N-methyl/N-ethyl adjacent to an activating group) is 1. The highest BCUT2D eigenvalue weighted by Crippen LogP contribution is 2.27. The van der Waals surface area contributed by atoms with Gasteiger partial charge in [0, 0.05) is 10.5 Å². The summed E-state index contributed by atoms with van der Waals surface area (Å²) in [5.74, 6) is -0.221. The molecule has 0 saturated heterocycles. The Bertz CT molecular complexity index is 610. The third-order valence-corrected chi connectivity index (χ3v) is 4.38. The molecule has 2 aromatic carbocycles. The minimum absolute atomic E-state index is 0.159. The van der Waals surface area contributed by atoms with Crippen LogP contribution in [0.3, 0.4) is 0 Å². The maximum absolute atomic E-state index is 13.2. The van der Waals surface area contributed by atoms with Crippen molar-refractivity contribution in [3.05, 3.63) is 68.9 Å². The maximum Gasteiger partial charge on any atom is 0.124 e. The van der Waals surface area contributed by atoms with Crippen molar-refractivity contribution in [1.82, 2.24) is 5.32 Å². The summed E-state index contributed by atoms with van der Waals surface area (Å²) >= 11 is 3.45. The van der Waals surface area contributed by atoms with Gasteiger partial charge in [-0.2, -0.15) is 0 Å². The minimum atomic E-state index is -0.221. The zero-order valence-corrected chi connectivity index (χ0v) is 13.6. The molecule has 0 aliphatic heterocycles. The summed E-state index contributed by atoms with van der Waals surface area (Å²) in [7, 11) is 1.93. The third-order valence-electron chi connectivity index (χ3n) is 3.70. The highest BCUT2D eigenvalue weighted by molar-refractivity contribution is 9.10. The summed E-state index contributed by atoms with van der Waals surface area (Å²) in [6, 6.07) is 11.5. The van der Waals surface area contributed by atoms with Gasteiger partial charge >= 0.3 is 0 Å². The van der Waals surface area contributed by atoms with Gasteiger partial charge in [0.05, 0.1) is 0 Å². The zero-order chi connectivity index (χ0) is 14.7. The Labute approximate surface area is 128 Å². The molecule has 0 heterocycles. The molecular formula is C17H19BrFN. The van der Waals surface area contributed by atoms with Crippen molar-refractivity contribution >= 4 is 15.9 Å². The monoisotopic (exact) mass is 335 g/mol. The second-order valence-corrected chi connectivity index (χ2v) is 5.98. The Hall–Kier alpha value is -1.19. The van der Waals surface area contributed by atoms with Gasteiger partial charge in [-0.1, -0.05) is 40.2 Å². The van der Waals surface area contributed by atoms with Crippen LogP contribution in [0.1, 0.15) is 28.3 Å². The first-order valence-corrected chi connectivity index (χ1v) is 7.49. The Kier molecular flexibility index (Phi) is 4.95. The summed E-state index contributed by atoms with van der Waals surface area (Å²) < 4.78 is 14.0. The maximum atomic E-state index is 13.2. The van der Waals surface area contributed by atoms with Gasteiger partial charge in [-0.15, -0.1) is 0 Å². The van der Waals surface area contributed by atoms with Crippen LogP contribution in [0.25, 0.3) is 0 Å². The molecule has 2 rings (SSSR count). The molecule has 1 nitrogen and oxygen atoms in total. The number of benzene rings is 2. The van der Waals surface area contributed by atoms with Crippen LogP contribution in [0.4, 0.5) is 4.39 Å². The molecule has 20 heavy (non-hydrogen) atoms. The van der Waals surface area contributed by atoms with Gasteiger partial charge in [-0.25, -0.2) is 4.39 Å². The van der Waals surface area contributed by atoms with E-state index in [1.165, 1.54) is 28.8 Å². The molecule has 0 saturated carbocycles. The highest BCUT2D eigenvalue weighted by atomic mass is 79.9. The van der Waals surface area contributed by atoms with Crippen LogP contribution in [0.2, 0.25) is 0 Å². The van der Waals surface area contributed by atoms with Gasteiger partial charge in [0.15, 0.2) is 0 Å². The molecular weight excluding hydrogens is 317 g/mol. The van der Waals surface area contributed by atoms with Crippen molar-refractivity contribution in [3.8, 4) is 0 Å². The molecule has 0 spiro atoms. The normalized spacial score (nSPS) is 12.4. The molecule has 0 fully saturated rings. The van der Waals surface area contributed by atoms with Crippen molar-refractivity contribution < 1.29 is 4.39 Å². The average Bonchev–Trinajstić information content (AvgIpc) is 2.41. The van der Waals surface area contributed by atoms with Gasteiger partial charge in [0.25, 0.3) is 0 Å². The van der Waals surface area contributed by atoms with Crippen molar-refractivity contribution in [2.45, 2.75) is 26.3 Å². The standard InChI is InChI=1S/C17H19BrFN/c1-11-4-5-13(8-12(11)2)9-17(20-3)15-7-6-14(19)10-16(15)18/h4-8,10,17,20H,9H2,1-3H3. The van der Waals surface area contributed by atoms with E-state index in [0.29, 0.717) is 0 Å². The van der Waals surface area contributed by atoms with Crippen LogP contribution in [0.5, 0.6) is 0 Å². The fourth-order valence-electron chi connectivity index (χ4n) is 2.32. The minimum Gasteiger partial charge on any atom is -0.313 e. The number of hydrogen-bond donors (Lipinski definition) is 1. The molecule has 1 atom stereocenters. The highest BCUT2D eigenvalue weighted by Gasteiger charge is 2.14. The second kappa shape index (κ2) is 6.51. The van der Waals surface area contributed by atoms with Crippen molar-refractivity contribution in [3.63, 3.8) is 0 Å². The van der Waals surface area contributed by atoms with Crippen LogP contribution in [-0.4, -0.2) is 7.05 Å². The van der Waals surface area contributed by atoms with E-state index in [2.05, 4.69) is 53.3 Å². The number of nitrogens with one attached hydrogen (secondary N) is 1. The van der Waals surface area contributed by atoms with E-state index in [-0.39, 0.29) is 11.9 Å².